The Morgan fingerprint density at radius 2 is 0.421 bits per heavy atom. The second-order valence-corrected chi connectivity index (χ2v) is 30.3. The lowest BCUT2D eigenvalue weighted by atomic mass is 10.0. The molecule has 5 atom stereocenters. The van der Waals surface area contributed by atoms with Crippen LogP contribution in [0.15, 0.2) is 0 Å². The van der Waals surface area contributed by atoms with Crippen LogP contribution >= 0.6 is 15.6 Å². The average Bonchev–Trinajstić information content (AvgIpc) is 1.38. The number of aliphatic hydroxyl groups excluding tert-OH is 1. The van der Waals surface area contributed by atoms with Crippen molar-refractivity contribution in [2.45, 2.75) is 425 Å². The van der Waals surface area contributed by atoms with Crippen LogP contribution in [0.2, 0.25) is 0 Å². The number of aliphatic hydroxyl groups is 1. The van der Waals surface area contributed by atoms with Gasteiger partial charge in [-0.3, -0.25) is 37.3 Å². The van der Waals surface area contributed by atoms with E-state index in [0.717, 1.165) is 89.9 Å². The lowest BCUT2D eigenvalue weighted by Crippen LogP contribution is -2.30. The van der Waals surface area contributed by atoms with Gasteiger partial charge in [0.1, 0.15) is 19.3 Å². The summed E-state index contributed by atoms with van der Waals surface area (Å²) in [6.07, 6.45) is 60.8. The SMILES string of the molecule is CCCCCCCCCCCCCCCCCC(=O)OC[C@H](COP(=O)(O)OC[C@H](O)COP(=O)(O)OC[C@@H](COC(=O)CCCCCCCCCCCCCCCCC)OC(=O)CCCCCCCCCCCCCCCCC)OC(=O)CCCCCCCCCCCC. The third-order valence-electron chi connectivity index (χ3n) is 17.9. The van der Waals surface area contributed by atoms with Crippen molar-refractivity contribution in [3.8, 4) is 0 Å². The van der Waals surface area contributed by atoms with Gasteiger partial charge in [0.05, 0.1) is 26.4 Å². The van der Waals surface area contributed by atoms with E-state index >= 15 is 0 Å². The Labute approximate surface area is 581 Å². The molecule has 19 heteroatoms. The van der Waals surface area contributed by atoms with Gasteiger partial charge in [-0.1, -0.05) is 355 Å². The standard InChI is InChI=1S/C76H148O17P2/c1-5-9-13-17-21-25-29-32-35-38-41-45-48-52-56-60-73(78)86-66-71(92-75(80)62-58-54-50-44-28-24-20-16-12-8-4)68-90-94(82,83)88-64-70(77)65-89-95(84,85)91-69-72(93-76(81)63-59-55-51-47-43-40-37-34-31-27-23-19-15-11-7-3)67-87-74(79)61-57-53-49-46-42-39-36-33-30-26-22-18-14-10-6-2/h70-72,77H,5-69H2,1-4H3,(H,82,83)(H,84,85)/t70-,71+,72+/m0/s1. The Hall–Kier alpha value is -1.94. The van der Waals surface area contributed by atoms with Crippen molar-refractivity contribution in [3.05, 3.63) is 0 Å². The molecule has 0 aliphatic carbocycles. The van der Waals surface area contributed by atoms with E-state index in [1.165, 1.54) is 238 Å². The van der Waals surface area contributed by atoms with E-state index in [4.69, 9.17) is 37.0 Å². The van der Waals surface area contributed by atoms with Gasteiger partial charge >= 0.3 is 39.5 Å². The van der Waals surface area contributed by atoms with Crippen molar-refractivity contribution in [1.82, 2.24) is 0 Å². The molecule has 0 bridgehead atoms. The van der Waals surface area contributed by atoms with Gasteiger partial charge in [-0.25, -0.2) is 9.13 Å². The molecule has 0 heterocycles. The van der Waals surface area contributed by atoms with E-state index in [0.29, 0.717) is 25.7 Å². The van der Waals surface area contributed by atoms with E-state index in [-0.39, 0.29) is 25.7 Å². The van der Waals surface area contributed by atoms with Gasteiger partial charge in [-0.05, 0) is 25.7 Å². The third-order valence-corrected chi connectivity index (χ3v) is 19.8. The highest BCUT2D eigenvalue weighted by atomic mass is 31.2. The van der Waals surface area contributed by atoms with Gasteiger partial charge < -0.3 is 33.8 Å². The van der Waals surface area contributed by atoms with Gasteiger partial charge in [-0.15, -0.1) is 0 Å². The summed E-state index contributed by atoms with van der Waals surface area (Å²) in [4.78, 5) is 72.8. The first-order valence-electron chi connectivity index (χ1n) is 39.8. The van der Waals surface area contributed by atoms with Crippen LogP contribution in [-0.2, 0) is 65.4 Å². The molecule has 0 radical (unpaired) electrons. The summed E-state index contributed by atoms with van der Waals surface area (Å²) in [5.41, 5.74) is 0. The zero-order chi connectivity index (χ0) is 69.7. The maximum Gasteiger partial charge on any atom is 0.472 e. The van der Waals surface area contributed by atoms with Crippen LogP contribution in [0.3, 0.4) is 0 Å². The van der Waals surface area contributed by atoms with Gasteiger partial charge in [0.15, 0.2) is 12.2 Å². The van der Waals surface area contributed by atoms with E-state index < -0.39 is 97.5 Å². The summed E-state index contributed by atoms with van der Waals surface area (Å²) >= 11 is 0. The van der Waals surface area contributed by atoms with Crippen LogP contribution in [0.1, 0.15) is 407 Å². The van der Waals surface area contributed by atoms with E-state index in [1.54, 1.807) is 0 Å². The van der Waals surface area contributed by atoms with Crippen LogP contribution in [0.25, 0.3) is 0 Å². The highest BCUT2D eigenvalue weighted by molar-refractivity contribution is 7.47. The Morgan fingerprint density at radius 1 is 0.253 bits per heavy atom. The fraction of sp³-hybridized carbons (Fsp3) is 0.947. The van der Waals surface area contributed by atoms with Crippen molar-refractivity contribution in [3.63, 3.8) is 0 Å². The van der Waals surface area contributed by atoms with Crippen LogP contribution < -0.4 is 0 Å². The molecule has 2 unspecified atom stereocenters. The molecule has 17 nitrogen and oxygen atoms in total. The molecule has 0 saturated carbocycles. The zero-order valence-corrected chi connectivity index (χ0v) is 63.4. The maximum atomic E-state index is 13.1. The topological polar surface area (TPSA) is 237 Å². The fourth-order valence-corrected chi connectivity index (χ4v) is 13.3. The number of hydrogen-bond donors (Lipinski definition) is 3. The minimum Gasteiger partial charge on any atom is -0.462 e. The second-order valence-electron chi connectivity index (χ2n) is 27.4. The molecular formula is C76H148O17P2. The molecule has 0 rings (SSSR count). The molecule has 0 aromatic rings. The third kappa shape index (κ3) is 70.3. The summed E-state index contributed by atoms with van der Waals surface area (Å²) in [6, 6.07) is 0. The highest BCUT2D eigenvalue weighted by Gasteiger charge is 2.30. The smallest absolute Gasteiger partial charge is 0.462 e. The Kier molecular flexibility index (Phi) is 69.1. The Morgan fingerprint density at radius 3 is 0.621 bits per heavy atom. The van der Waals surface area contributed by atoms with Gasteiger partial charge in [0, 0.05) is 25.7 Å². The first kappa shape index (κ1) is 93.1. The number of unbranched alkanes of at least 4 members (excludes halogenated alkanes) is 51. The number of rotatable bonds is 77. The van der Waals surface area contributed by atoms with E-state index in [1.807, 2.05) is 0 Å². The van der Waals surface area contributed by atoms with Gasteiger partial charge in [0.2, 0.25) is 0 Å². The first-order chi connectivity index (χ1) is 46.2. The highest BCUT2D eigenvalue weighted by Crippen LogP contribution is 2.45. The first-order valence-corrected chi connectivity index (χ1v) is 42.8. The normalized spacial score (nSPS) is 13.9. The summed E-state index contributed by atoms with van der Waals surface area (Å²) in [5.74, 6) is -2.11. The molecule has 3 N–H and O–H groups in total. The summed E-state index contributed by atoms with van der Waals surface area (Å²) in [5, 5.41) is 10.6. The van der Waals surface area contributed by atoms with Gasteiger partial charge in [0.25, 0.3) is 0 Å². The quantitative estimate of drug-likeness (QED) is 0.0222. The number of carbonyl (C=O) groups excluding carboxylic acids is 4. The molecule has 0 aliphatic heterocycles. The number of carbonyl (C=O) groups is 4. The molecular weight excluding hydrogens is 1250 g/mol. The zero-order valence-electron chi connectivity index (χ0n) is 61.6. The second kappa shape index (κ2) is 70.5. The number of phosphoric acid groups is 2. The average molecular weight is 1400 g/mol. The van der Waals surface area contributed by atoms with Gasteiger partial charge in [-0.2, -0.15) is 0 Å². The fourth-order valence-electron chi connectivity index (χ4n) is 11.8. The van der Waals surface area contributed by atoms with E-state index in [2.05, 4.69) is 27.7 Å². The van der Waals surface area contributed by atoms with Crippen molar-refractivity contribution in [2.75, 3.05) is 39.6 Å². The largest absolute Gasteiger partial charge is 0.472 e. The molecule has 0 spiro atoms. The number of hydrogen-bond acceptors (Lipinski definition) is 15. The molecule has 0 aromatic carbocycles. The van der Waals surface area contributed by atoms with Crippen molar-refractivity contribution >= 4 is 39.5 Å². The van der Waals surface area contributed by atoms with Crippen LogP contribution in [0, 0.1) is 0 Å². The minimum absolute atomic E-state index is 0.108. The van der Waals surface area contributed by atoms with E-state index in [9.17, 15) is 43.2 Å². The molecule has 0 amide bonds. The molecule has 0 aliphatic rings. The predicted molar refractivity (Wildman–Crippen MR) is 386 cm³/mol. The van der Waals surface area contributed by atoms with Crippen molar-refractivity contribution in [1.29, 1.82) is 0 Å². The van der Waals surface area contributed by atoms with Crippen LogP contribution in [0.4, 0.5) is 0 Å². The maximum absolute atomic E-state index is 13.1. The lowest BCUT2D eigenvalue weighted by Gasteiger charge is -2.21. The summed E-state index contributed by atoms with van der Waals surface area (Å²) in [6.45, 7) is 4.99. The predicted octanol–water partition coefficient (Wildman–Crippen LogP) is 22.6. The van der Waals surface area contributed by atoms with Crippen LogP contribution in [0.5, 0.6) is 0 Å². The minimum atomic E-state index is -4.95. The van der Waals surface area contributed by atoms with Crippen LogP contribution in [-0.4, -0.2) is 96.7 Å². The molecule has 564 valence electrons. The molecule has 0 saturated heterocycles. The van der Waals surface area contributed by atoms with Crippen molar-refractivity contribution < 1.29 is 80.2 Å². The Balaban J connectivity index is 5.22. The number of ether oxygens (including phenoxy) is 4. The molecule has 95 heavy (non-hydrogen) atoms. The molecule has 0 fully saturated rings. The summed E-state index contributed by atoms with van der Waals surface area (Å²) < 4.78 is 68.5. The monoisotopic (exact) mass is 1400 g/mol. The summed E-state index contributed by atoms with van der Waals surface area (Å²) in [7, 11) is -9.91. The molecule has 0 aromatic heterocycles. The number of phosphoric ester groups is 2. The lowest BCUT2D eigenvalue weighted by molar-refractivity contribution is -0.161. The number of esters is 4. The van der Waals surface area contributed by atoms with Crippen molar-refractivity contribution in [2.24, 2.45) is 0 Å². The Bertz CT molecular complexity index is 1810.